The molecule has 2 aliphatic rings. The van der Waals surface area contributed by atoms with E-state index in [1.165, 1.54) is 11.5 Å². The zero-order valence-corrected chi connectivity index (χ0v) is 14.9. The van der Waals surface area contributed by atoms with Crippen LogP contribution in [0, 0.1) is 30.1 Å². The van der Waals surface area contributed by atoms with Crippen molar-refractivity contribution in [1.82, 2.24) is 9.69 Å². The van der Waals surface area contributed by atoms with Gasteiger partial charge < -0.3 is 10.6 Å². The van der Waals surface area contributed by atoms with Crippen molar-refractivity contribution in [3.63, 3.8) is 0 Å². The summed E-state index contributed by atoms with van der Waals surface area (Å²) in [6.45, 7) is 4.03. The van der Waals surface area contributed by atoms with Crippen molar-refractivity contribution in [2.75, 3.05) is 11.9 Å². The van der Waals surface area contributed by atoms with Gasteiger partial charge in [0.05, 0.1) is 5.69 Å². The molecule has 2 unspecified atom stereocenters. The number of nitrogens with zero attached hydrogens (tertiary/aromatic N) is 2. The molecule has 0 saturated heterocycles. The van der Waals surface area contributed by atoms with Gasteiger partial charge in [0.15, 0.2) is 0 Å². The number of amides is 1. The van der Waals surface area contributed by atoms with Gasteiger partial charge in [0, 0.05) is 31.3 Å². The summed E-state index contributed by atoms with van der Waals surface area (Å²) < 4.78 is 18.8. The normalized spacial score (nSPS) is 32.0. The molecule has 0 radical (unpaired) electrons. The molecule has 24 heavy (non-hydrogen) atoms. The maximum Gasteiger partial charge on any atom is 0.223 e. The number of alkyl halides is 1. The lowest BCUT2D eigenvalue weighted by Crippen LogP contribution is -2.56. The van der Waals surface area contributed by atoms with E-state index >= 15 is 0 Å². The molecule has 1 amide bonds. The summed E-state index contributed by atoms with van der Waals surface area (Å²) in [5.41, 5.74) is -0.172. The summed E-state index contributed by atoms with van der Waals surface area (Å²) in [7, 11) is 0. The average Bonchev–Trinajstić information content (AvgIpc) is 3.09. The molecule has 2 N–H and O–H groups in total. The molecule has 1 aromatic heterocycles. The van der Waals surface area contributed by atoms with Crippen molar-refractivity contribution in [2.24, 2.45) is 11.8 Å². The molecule has 0 aromatic carbocycles. The molecule has 7 heteroatoms. The highest BCUT2D eigenvalue weighted by Gasteiger charge is 2.46. The quantitative estimate of drug-likeness (QED) is 0.855. The third-order valence-electron chi connectivity index (χ3n) is 5.31. The standard InChI is InChI=1S/C17H23FN4OS/c1-10-4-3-5-13(10)15(23)21-12-6-17(18,7-12)9-20-16-14(8-19)11(2)22-24-16/h10,12-13,20H,3-7,9H2,1-2H3,(H,21,23). The van der Waals surface area contributed by atoms with Gasteiger partial charge in [0.1, 0.15) is 22.3 Å². The lowest BCUT2D eigenvalue weighted by atomic mass is 9.76. The van der Waals surface area contributed by atoms with Crippen LogP contribution in [-0.4, -0.2) is 28.5 Å². The van der Waals surface area contributed by atoms with E-state index in [-0.39, 0.29) is 24.4 Å². The van der Waals surface area contributed by atoms with Gasteiger partial charge in [0.25, 0.3) is 0 Å². The number of hydrogen-bond acceptors (Lipinski definition) is 5. The van der Waals surface area contributed by atoms with Crippen LogP contribution in [-0.2, 0) is 4.79 Å². The summed E-state index contributed by atoms with van der Waals surface area (Å²) >= 11 is 1.18. The van der Waals surface area contributed by atoms with Gasteiger partial charge in [0.2, 0.25) is 5.91 Å². The Bertz CT molecular complexity index is 662. The minimum Gasteiger partial charge on any atom is -0.371 e. The van der Waals surface area contributed by atoms with Crippen molar-refractivity contribution in [2.45, 2.75) is 57.7 Å². The third-order valence-corrected chi connectivity index (χ3v) is 6.21. The van der Waals surface area contributed by atoms with E-state index in [4.69, 9.17) is 5.26 Å². The Morgan fingerprint density at radius 3 is 2.88 bits per heavy atom. The number of nitrogens with one attached hydrogen (secondary N) is 2. The molecular formula is C17H23FN4OS. The first kappa shape index (κ1) is 17.2. The number of aryl methyl sites for hydroxylation is 1. The zero-order valence-electron chi connectivity index (χ0n) is 14.1. The van der Waals surface area contributed by atoms with Gasteiger partial charge in [-0.3, -0.25) is 4.79 Å². The second-order valence-electron chi connectivity index (χ2n) is 7.22. The predicted molar refractivity (Wildman–Crippen MR) is 91.6 cm³/mol. The number of carbonyl (C=O) groups is 1. The van der Waals surface area contributed by atoms with Gasteiger partial charge in [-0.15, -0.1) is 0 Å². The van der Waals surface area contributed by atoms with Gasteiger partial charge in [-0.1, -0.05) is 13.3 Å². The van der Waals surface area contributed by atoms with E-state index in [1.807, 2.05) is 0 Å². The Kier molecular flexibility index (Phi) is 4.77. The predicted octanol–water partition coefficient (Wildman–Crippen LogP) is 3.16. The molecule has 3 rings (SSSR count). The van der Waals surface area contributed by atoms with Gasteiger partial charge in [-0.05, 0) is 37.2 Å². The van der Waals surface area contributed by atoms with Crippen molar-refractivity contribution in [1.29, 1.82) is 5.26 Å². The molecular weight excluding hydrogens is 327 g/mol. The number of halogens is 1. The van der Waals surface area contributed by atoms with Crippen molar-refractivity contribution in [3.8, 4) is 6.07 Å². The average molecular weight is 350 g/mol. The molecule has 2 aliphatic carbocycles. The third kappa shape index (κ3) is 3.39. The summed E-state index contributed by atoms with van der Waals surface area (Å²) in [5.74, 6) is 0.613. The van der Waals surface area contributed by atoms with Crippen LogP contribution in [0.1, 0.15) is 50.3 Å². The second-order valence-corrected chi connectivity index (χ2v) is 7.99. The van der Waals surface area contributed by atoms with Crippen molar-refractivity contribution < 1.29 is 9.18 Å². The first-order valence-corrected chi connectivity index (χ1v) is 9.29. The van der Waals surface area contributed by atoms with Crippen LogP contribution in [0.2, 0.25) is 0 Å². The fraction of sp³-hybridized carbons (Fsp3) is 0.706. The SMILES string of the molecule is Cc1nsc(NCC2(F)CC(NC(=O)C3CCCC3C)C2)c1C#N. The van der Waals surface area contributed by atoms with Crippen molar-refractivity contribution in [3.05, 3.63) is 11.3 Å². The Balaban J connectivity index is 1.46. The van der Waals surface area contributed by atoms with Crippen LogP contribution in [0.4, 0.5) is 9.39 Å². The Morgan fingerprint density at radius 1 is 1.50 bits per heavy atom. The lowest BCUT2D eigenvalue weighted by Gasteiger charge is -2.42. The molecule has 1 aromatic rings. The lowest BCUT2D eigenvalue weighted by molar-refractivity contribution is -0.128. The highest BCUT2D eigenvalue weighted by Crippen LogP contribution is 2.38. The monoisotopic (exact) mass is 350 g/mol. The summed E-state index contributed by atoms with van der Waals surface area (Å²) in [4.78, 5) is 12.2. The Labute approximate surface area is 145 Å². The fourth-order valence-corrected chi connectivity index (χ4v) is 4.51. The van der Waals surface area contributed by atoms with Gasteiger partial charge in [-0.25, -0.2) is 4.39 Å². The topological polar surface area (TPSA) is 77.8 Å². The number of aromatic nitrogens is 1. The summed E-state index contributed by atoms with van der Waals surface area (Å²) in [6, 6.07) is 2.02. The van der Waals surface area contributed by atoms with Crippen LogP contribution < -0.4 is 10.6 Å². The maximum absolute atomic E-state index is 14.7. The molecule has 2 saturated carbocycles. The summed E-state index contributed by atoms with van der Waals surface area (Å²) in [5, 5.41) is 15.7. The van der Waals surface area contributed by atoms with Crippen LogP contribution in [0.3, 0.4) is 0 Å². The van der Waals surface area contributed by atoms with E-state index in [0.29, 0.717) is 35.0 Å². The van der Waals surface area contributed by atoms with Crippen LogP contribution >= 0.6 is 11.5 Å². The van der Waals surface area contributed by atoms with Gasteiger partial charge >= 0.3 is 0 Å². The fourth-order valence-electron chi connectivity index (χ4n) is 3.77. The van der Waals surface area contributed by atoms with E-state index in [0.717, 1.165) is 19.3 Å². The second kappa shape index (κ2) is 6.67. The minimum atomic E-state index is -1.33. The Hall–Kier alpha value is -1.68. The van der Waals surface area contributed by atoms with E-state index in [9.17, 15) is 9.18 Å². The molecule has 2 fully saturated rings. The molecule has 0 spiro atoms. The smallest absolute Gasteiger partial charge is 0.223 e. The number of hydrogen-bond donors (Lipinski definition) is 2. The number of nitriles is 1. The Morgan fingerprint density at radius 2 is 2.25 bits per heavy atom. The first-order valence-electron chi connectivity index (χ1n) is 8.51. The molecule has 0 bridgehead atoms. The van der Waals surface area contributed by atoms with Crippen LogP contribution in [0.15, 0.2) is 0 Å². The number of anilines is 1. The van der Waals surface area contributed by atoms with Crippen LogP contribution in [0.25, 0.3) is 0 Å². The molecule has 1 heterocycles. The van der Waals surface area contributed by atoms with Gasteiger partial charge in [-0.2, -0.15) is 9.64 Å². The van der Waals surface area contributed by atoms with Crippen molar-refractivity contribution >= 4 is 22.4 Å². The zero-order chi connectivity index (χ0) is 17.3. The summed E-state index contributed by atoms with van der Waals surface area (Å²) in [6.07, 6.45) is 3.81. The van der Waals surface area contributed by atoms with E-state index < -0.39 is 5.67 Å². The highest BCUT2D eigenvalue weighted by atomic mass is 32.1. The van der Waals surface area contributed by atoms with E-state index in [2.05, 4.69) is 28.0 Å². The molecule has 0 aliphatic heterocycles. The van der Waals surface area contributed by atoms with E-state index in [1.54, 1.807) is 6.92 Å². The maximum atomic E-state index is 14.7. The highest BCUT2D eigenvalue weighted by molar-refractivity contribution is 7.10. The molecule has 130 valence electrons. The minimum absolute atomic E-state index is 0.0734. The molecule has 5 nitrogen and oxygen atoms in total. The molecule has 2 atom stereocenters. The largest absolute Gasteiger partial charge is 0.371 e. The first-order chi connectivity index (χ1) is 11.4. The number of rotatable bonds is 5. The number of carbonyl (C=O) groups excluding carboxylic acids is 1. The van der Waals surface area contributed by atoms with Crippen LogP contribution in [0.5, 0.6) is 0 Å².